The Hall–Kier alpha value is -4.04. The summed E-state index contributed by atoms with van der Waals surface area (Å²) in [5.41, 5.74) is 2.51. The molecular weight excluding hydrogens is 454 g/mol. The minimum Gasteiger partial charge on any atom is -0.342 e. The first kappa shape index (κ1) is 25.1. The number of hydrogen-bond donors (Lipinski definition) is 1. The molecule has 2 heterocycles. The van der Waals surface area contributed by atoms with Gasteiger partial charge in [-0.2, -0.15) is 0 Å². The molecule has 0 unspecified atom stereocenters. The van der Waals surface area contributed by atoms with Crippen LogP contribution in [0.2, 0.25) is 0 Å². The topological polar surface area (TPSA) is 85.9 Å². The highest BCUT2D eigenvalue weighted by Crippen LogP contribution is 2.36. The Morgan fingerprint density at radius 1 is 0.944 bits per heavy atom. The highest BCUT2D eigenvalue weighted by atomic mass is 16.2. The van der Waals surface area contributed by atoms with Crippen molar-refractivity contribution in [2.24, 2.45) is 0 Å². The van der Waals surface area contributed by atoms with Gasteiger partial charge in [0.1, 0.15) is 0 Å². The number of amides is 3. The Balaban J connectivity index is 1.41. The van der Waals surface area contributed by atoms with Gasteiger partial charge in [-0.25, -0.2) is 4.98 Å². The number of rotatable bonds is 9. The van der Waals surface area contributed by atoms with Crippen molar-refractivity contribution in [3.05, 3.63) is 84.1 Å². The van der Waals surface area contributed by atoms with Crippen LogP contribution in [0, 0.1) is 0 Å². The summed E-state index contributed by atoms with van der Waals surface area (Å²) in [4.78, 5) is 48.9. The lowest BCUT2D eigenvalue weighted by Gasteiger charge is -2.26. The maximum atomic E-state index is 13.4. The number of likely N-dealkylation sites (N-methyl/N-ethyl adjacent to an activating group) is 2. The van der Waals surface area contributed by atoms with Gasteiger partial charge in [0, 0.05) is 45.2 Å². The van der Waals surface area contributed by atoms with Crippen LogP contribution in [0.15, 0.2) is 72.9 Å². The molecule has 3 amide bonds. The van der Waals surface area contributed by atoms with Crippen LogP contribution in [0.25, 0.3) is 0 Å². The minimum atomic E-state index is -0.303. The summed E-state index contributed by atoms with van der Waals surface area (Å²) in [5, 5.41) is 2.83. The van der Waals surface area contributed by atoms with Crippen LogP contribution in [0.1, 0.15) is 35.7 Å². The predicted octanol–water partition coefficient (Wildman–Crippen LogP) is 4.07. The smallest absolute Gasteiger partial charge is 0.257 e. The Bertz CT molecular complexity index is 1230. The first-order valence-electron chi connectivity index (χ1n) is 12.2. The van der Waals surface area contributed by atoms with Crippen molar-refractivity contribution in [1.29, 1.82) is 0 Å². The summed E-state index contributed by atoms with van der Waals surface area (Å²) in [6, 6.07) is 20.5. The highest BCUT2D eigenvalue weighted by molar-refractivity contribution is 6.17. The third-order valence-corrected chi connectivity index (χ3v) is 6.22. The fourth-order valence-corrected chi connectivity index (χ4v) is 4.30. The Kier molecular flexibility index (Phi) is 8.07. The Morgan fingerprint density at radius 3 is 2.47 bits per heavy atom. The van der Waals surface area contributed by atoms with Gasteiger partial charge >= 0.3 is 0 Å². The molecule has 1 N–H and O–H groups in total. The second-order valence-electron chi connectivity index (χ2n) is 8.77. The molecule has 2 aromatic carbocycles. The number of benzene rings is 2. The van der Waals surface area contributed by atoms with Gasteiger partial charge in [0.05, 0.1) is 16.9 Å². The second kappa shape index (κ2) is 11.6. The first-order valence-corrected chi connectivity index (χ1v) is 12.2. The summed E-state index contributed by atoms with van der Waals surface area (Å²) < 4.78 is 0. The van der Waals surface area contributed by atoms with E-state index < -0.39 is 0 Å². The molecule has 1 aromatic heterocycles. The maximum Gasteiger partial charge on any atom is 0.257 e. The fraction of sp³-hybridized carbons (Fsp3) is 0.286. The first-order chi connectivity index (χ1) is 17.5. The van der Waals surface area contributed by atoms with Gasteiger partial charge < -0.3 is 15.1 Å². The number of fused-ring (bicyclic) bond motifs is 2. The number of anilines is 3. The third-order valence-electron chi connectivity index (χ3n) is 6.22. The number of hydrogen-bond acceptors (Lipinski definition) is 5. The fourth-order valence-electron chi connectivity index (χ4n) is 4.30. The molecule has 0 spiro atoms. The SMILES string of the molecule is CCN(CCN(C)Cc1ccccc1)C(=O)CCC(=O)N1c2ccccc2C(=O)Nc2cccnc21. The van der Waals surface area contributed by atoms with Crippen molar-refractivity contribution in [3.63, 3.8) is 0 Å². The molecule has 0 saturated carbocycles. The molecule has 0 atom stereocenters. The summed E-state index contributed by atoms with van der Waals surface area (Å²) in [6.45, 7) is 4.63. The highest BCUT2D eigenvalue weighted by Gasteiger charge is 2.30. The van der Waals surface area contributed by atoms with Crippen LogP contribution in [0.4, 0.5) is 17.2 Å². The van der Waals surface area contributed by atoms with Gasteiger partial charge in [-0.3, -0.25) is 19.3 Å². The van der Waals surface area contributed by atoms with Gasteiger partial charge in [-0.1, -0.05) is 42.5 Å². The van der Waals surface area contributed by atoms with Crippen molar-refractivity contribution in [1.82, 2.24) is 14.8 Å². The zero-order valence-corrected chi connectivity index (χ0v) is 20.7. The molecule has 186 valence electrons. The number of aromatic nitrogens is 1. The lowest BCUT2D eigenvalue weighted by Crippen LogP contribution is -2.38. The zero-order valence-electron chi connectivity index (χ0n) is 20.7. The van der Waals surface area contributed by atoms with Gasteiger partial charge in [-0.05, 0) is 43.8 Å². The van der Waals surface area contributed by atoms with Crippen LogP contribution in [0.3, 0.4) is 0 Å². The molecule has 0 radical (unpaired) electrons. The molecule has 0 fully saturated rings. The van der Waals surface area contributed by atoms with Crippen molar-refractivity contribution in [2.45, 2.75) is 26.3 Å². The summed E-state index contributed by atoms with van der Waals surface area (Å²) in [7, 11) is 2.03. The van der Waals surface area contributed by atoms with Gasteiger partial charge in [0.2, 0.25) is 11.8 Å². The average Bonchev–Trinajstić information content (AvgIpc) is 3.02. The molecule has 3 aromatic rings. The van der Waals surface area contributed by atoms with E-state index in [1.165, 1.54) is 10.5 Å². The zero-order chi connectivity index (χ0) is 25.5. The lowest BCUT2D eigenvalue weighted by molar-refractivity contribution is -0.133. The van der Waals surface area contributed by atoms with E-state index in [4.69, 9.17) is 0 Å². The molecule has 8 nitrogen and oxygen atoms in total. The second-order valence-corrected chi connectivity index (χ2v) is 8.77. The predicted molar refractivity (Wildman–Crippen MR) is 140 cm³/mol. The van der Waals surface area contributed by atoms with Crippen LogP contribution < -0.4 is 10.2 Å². The lowest BCUT2D eigenvalue weighted by atomic mass is 10.1. The summed E-state index contributed by atoms with van der Waals surface area (Å²) in [5.74, 6) is -0.312. The van der Waals surface area contributed by atoms with Crippen molar-refractivity contribution in [2.75, 3.05) is 36.9 Å². The van der Waals surface area contributed by atoms with Crippen LogP contribution in [-0.2, 0) is 16.1 Å². The van der Waals surface area contributed by atoms with Crippen molar-refractivity contribution >= 4 is 34.9 Å². The van der Waals surface area contributed by atoms with E-state index >= 15 is 0 Å². The number of nitrogens with one attached hydrogen (secondary N) is 1. The van der Waals surface area contributed by atoms with E-state index in [0.717, 1.165) is 13.1 Å². The average molecular weight is 486 g/mol. The number of nitrogens with zero attached hydrogens (tertiary/aromatic N) is 4. The standard InChI is InChI=1S/C28H31N5O3/c1-3-32(19-18-31(2)20-21-10-5-4-6-11-21)25(34)15-16-26(35)33-24-14-8-7-12-22(24)28(36)30-23-13-9-17-29-27(23)33/h4-14,17H,3,15-16,18-20H2,1-2H3,(H,30,36). The van der Waals surface area contributed by atoms with E-state index in [-0.39, 0.29) is 30.6 Å². The van der Waals surface area contributed by atoms with Gasteiger partial charge in [-0.15, -0.1) is 0 Å². The Labute approximate surface area is 211 Å². The van der Waals surface area contributed by atoms with Crippen molar-refractivity contribution < 1.29 is 14.4 Å². The molecule has 1 aliphatic rings. The van der Waals surface area contributed by atoms with E-state index in [1.54, 1.807) is 47.5 Å². The number of para-hydroxylation sites is 1. The molecular formula is C28H31N5O3. The van der Waals surface area contributed by atoms with Crippen LogP contribution in [-0.4, -0.2) is 59.2 Å². The number of carbonyl (C=O) groups is 3. The van der Waals surface area contributed by atoms with E-state index in [9.17, 15) is 14.4 Å². The normalized spacial score (nSPS) is 12.4. The van der Waals surface area contributed by atoms with Gasteiger partial charge in [0.15, 0.2) is 5.82 Å². The minimum absolute atomic E-state index is 0.00767. The largest absolute Gasteiger partial charge is 0.342 e. The number of pyridine rings is 1. The molecule has 36 heavy (non-hydrogen) atoms. The Morgan fingerprint density at radius 2 is 1.69 bits per heavy atom. The third kappa shape index (κ3) is 5.78. The van der Waals surface area contributed by atoms with Crippen molar-refractivity contribution in [3.8, 4) is 0 Å². The van der Waals surface area contributed by atoms with Crippen LogP contribution >= 0.6 is 0 Å². The molecule has 4 rings (SSSR count). The quantitative estimate of drug-likeness (QED) is 0.494. The maximum absolute atomic E-state index is 13.4. The van der Waals surface area contributed by atoms with E-state index in [1.807, 2.05) is 32.2 Å². The number of carbonyl (C=O) groups excluding carboxylic acids is 3. The molecule has 0 bridgehead atoms. The summed E-state index contributed by atoms with van der Waals surface area (Å²) >= 11 is 0. The molecule has 1 aliphatic heterocycles. The van der Waals surface area contributed by atoms with E-state index in [0.29, 0.717) is 35.8 Å². The molecule has 0 aliphatic carbocycles. The molecule has 8 heteroatoms. The summed E-state index contributed by atoms with van der Waals surface area (Å²) in [6.07, 6.45) is 1.67. The van der Waals surface area contributed by atoms with Gasteiger partial charge in [0.25, 0.3) is 5.91 Å². The molecule has 0 saturated heterocycles. The monoisotopic (exact) mass is 485 g/mol. The van der Waals surface area contributed by atoms with Crippen LogP contribution in [0.5, 0.6) is 0 Å². The van der Waals surface area contributed by atoms with E-state index in [2.05, 4.69) is 27.3 Å².